The third-order valence-electron chi connectivity index (χ3n) is 2.04. The van der Waals surface area contributed by atoms with E-state index in [1.54, 1.807) is 0 Å². The summed E-state index contributed by atoms with van der Waals surface area (Å²) >= 11 is 10.7. The molecule has 0 spiro atoms. The molecule has 7 nitrogen and oxygen atoms in total. The lowest BCUT2D eigenvalue weighted by Gasteiger charge is -2.04. The number of sulfone groups is 2. The predicted molar refractivity (Wildman–Crippen MR) is 66.5 cm³/mol. The molecule has 0 amide bonds. The van der Waals surface area contributed by atoms with E-state index in [0.29, 0.717) is 0 Å². The molecule has 0 radical (unpaired) electrons. The second kappa shape index (κ2) is 5.72. The van der Waals surface area contributed by atoms with E-state index in [1.165, 1.54) is 7.05 Å². The summed E-state index contributed by atoms with van der Waals surface area (Å²) in [5.74, 6) is -0.899. The Labute approximate surface area is 115 Å². The lowest BCUT2D eigenvalue weighted by atomic mass is 11.0. The molecule has 104 valence electrons. The predicted octanol–water partition coefficient (Wildman–Crippen LogP) is -0.160. The highest BCUT2D eigenvalue weighted by molar-refractivity contribution is 7.92. The van der Waals surface area contributed by atoms with Gasteiger partial charge < -0.3 is 0 Å². The van der Waals surface area contributed by atoms with Crippen molar-refractivity contribution in [2.75, 3.05) is 23.3 Å². The van der Waals surface area contributed by atoms with E-state index in [2.05, 4.69) is 10.2 Å². The second-order valence-corrected chi connectivity index (χ2v) is 8.10. The van der Waals surface area contributed by atoms with Crippen LogP contribution in [-0.2, 0) is 26.7 Å². The van der Waals surface area contributed by atoms with Crippen molar-refractivity contribution < 1.29 is 16.8 Å². The highest BCUT2D eigenvalue weighted by Crippen LogP contribution is 2.14. The van der Waals surface area contributed by atoms with Gasteiger partial charge in [-0.25, -0.2) is 16.8 Å². The molecule has 0 atom stereocenters. The summed E-state index contributed by atoms with van der Waals surface area (Å²) in [6.45, 7) is 0. The molecule has 0 unspecified atom stereocenters. The van der Waals surface area contributed by atoms with Crippen LogP contribution in [0.2, 0.25) is 0 Å². The first kappa shape index (κ1) is 15.7. The Bertz CT molecular complexity index is 570. The van der Waals surface area contributed by atoms with Crippen molar-refractivity contribution in [1.29, 1.82) is 0 Å². The van der Waals surface area contributed by atoms with Crippen LogP contribution in [0, 0.1) is 0 Å². The van der Waals surface area contributed by atoms with E-state index in [1.807, 2.05) is 0 Å². The summed E-state index contributed by atoms with van der Waals surface area (Å²) < 4.78 is 47.8. The minimum atomic E-state index is -3.74. The van der Waals surface area contributed by atoms with Gasteiger partial charge in [0.1, 0.15) is 0 Å². The SMILES string of the molecule is Cn1c(S(=O)(=O)CCCl)nnc1S(=O)(=O)CCCl. The molecule has 0 fully saturated rings. The minimum Gasteiger partial charge on any atom is -0.292 e. The number of rotatable bonds is 6. The topological polar surface area (TPSA) is 99.0 Å². The monoisotopic (exact) mass is 335 g/mol. The molecule has 0 aliphatic rings. The lowest BCUT2D eigenvalue weighted by Crippen LogP contribution is -2.17. The van der Waals surface area contributed by atoms with Crippen molar-refractivity contribution in [3.63, 3.8) is 0 Å². The van der Waals surface area contributed by atoms with Gasteiger partial charge in [-0.05, 0) is 0 Å². The van der Waals surface area contributed by atoms with Crippen molar-refractivity contribution in [2.45, 2.75) is 10.3 Å². The van der Waals surface area contributed by atoms with Crippen LogP contribution in [0.25, 0.3) is 0 Å². The first-order chi connectivity index (χ1) is 8.26. The molecule has 11 heteroatoms. The molecule has 18 heavy (non-hydrogen) atoms. The highest BCUT2D eigenvalue weighted by atomic mass is 35.5. The zero-order chi connectivity index (χ0) is 14.0. The fraction of sp³-hybridized carbons (Fsp3) is 0.714. The molecule has 0 saturated carbocycles. The van der Waals surface area contributed by atoms with E-state index < -0.39 is 30.0 Å². The molecule has 0 aliphatic carbocycles. The van der Waals surface area contributed by atoms with E-state index in [-0.39, 0.29) is 23.3 Å². The maximum atomic E-state index is 11.7. The van der Waals surface area contributed by atoms with Crippen LogP contribution in [0.1, 0.15) is 0 Å². The summed E-state index contributed by atoms with van der Waals surface area (Å²) in [6, 6.07) is 0. The molecule has 0 bridgehead atoms. The smallest absolute Gasteiger partial charge is 0.250 e. The Morgan fingerprint density at radius 2 is 1.28 bits per heavy atom. The van der Waals surface area contributed by atoms with Gasteiger partial charge in [-0.3, -0.25) is 4.57 Å². The zero-order valence-corrected chi connectivity index (χ0v) is 12.5. The average Bonchev–Trinajstić information content (AvgIpc) is 2.61. The Morgan fingerprint density at radius 3 is 1.56 bits per heavy atom. The van der Waals surface area contributed by atoms with Crippen LogP contribution in [0.5, 0.6) is 0 Å². The number of hydrogen-bond acceptors (Lipinski definition) is 6. The van der Waals surface area contributed by atoms with Crippen molar-refractivity contribution in [1.82, 2.24) is 14.8 Å². The van der Waals surface area contributed by atoms with E-state index >= 15 is 0 Å². The second-order valence-electron chi connectivity index (χ2n) is 3.34. The van der Waals surface area contributed by atoms with Crippen molar-refractivity contribution in [3.05, 3.63) is 0 Å². The van der Waals surface area contributed by atoms with Gasteiger partial charge >= 0.3 is 0 Å². The molecule has 1 rings (SSSR count). The number of hydrogen-bond donors (Lipinski definition) is 0. The highest BCUT2D eigenvalue weighted by Gasteiger charge is 2.28. The Morgan fingerprint density at radius 1 is 0.944 bits per heavy atom. The number of halogens is 2. The molecule has 1 aromatic heterocycles. The van der Waals surface area contributed by atoms with Crippen molar-refractivity contribution in [3.8, 4) is 0 Å². The van der Waals surface area contributed by atoms with Crippen LogP contribution in [0.4, 0.5) is 0 Å². The van der Waals surface area contributed by atoms with E-state index in [0.717, 1.165) is 4.57 Å². The van der Waals surface area contributed by atoms with Gasteiger partial charge in [0.2, 0.25) is 30.0 Å². The first-order valence-electron chi connectivity index (χ1n) is 4.73. The molecule has 1 aromatic rings. The Hall–Kier alpha value is -0.380. The molecular weight excluding hydrogens is 325 g/mol. The fourth-order valence-corrected chi connectivity index (χ4v) is 4.61. The third kappa shape index (κ3) is 3.14. The summed E-state index contributed by atoms with van der Waals surface area (Å²) in [5.41, 5.74) is 0. The minimum absolute atomic E-state index is 0.112. The van der Waals surface area contributed by atoms with Gasteiger partial charge in [-0.15, -0.1) is 33.4 Å². The quantitative estimate of drug-likeness (QED) is 0.670. The summed E-state index contributed by atoms with van der Waals surface area (Å²) in [5, 5.41) is 5.96. The molecular formula is C7H11Cl2N3O4S2. The maximum Gasteiger partial charge on any atom is 0.250 e. The normalized spacial score (nSPS) is 12.8. The summed E-state index contributed by atoms with van der Waals surface area (Å²) in [7, 11) is -6.20. The van der Waals surface area contributed by atoms with Crippen LogP contribution in [0.3, 0.4) is 0 Å². The van der Waals surface area contributed by atoms with Gasteiger partial charge in [0.05, 0.1) is 11.5 Å². The zero-order valence-electron chi connectivity index (χ0n) is 9.38. The van der Waals surface area contributed by atoms with Crippen LogP contribution < -0.4 is 0 Å². The summed E-state index contributed by atoms with van der Waals surface area (Å²) in [6.07, 6.45) is 0. The number of alkyl halides is 2. The molecule has 0 aliphatic heterocycles. The van der Waals surface area contributed by atoms with Gasteiger partial charge in [0.25, 0.3) is 0 Å². The Kier molecular flexibility index (Phi) is 4.98. The van der Waals surface area contributed by atoms with Crippen LogP contribution in [-0.4, -0.2) is 54.9 Å². The van der Waals surface area contributed by atoms with E-state index in [4.69, 9.17) is 23.2 Å². The van der Waals surface area contributed by atoms with Gasteiger partial charge in [0.15, 0.2) is 0 Å². The third-order valence-corrected chi connectivity index (χ3v) is 6.18. The first-order valence-corrected chi connectivity index (χ1v) is 9.10. The van der Waals surface area contributed by atoms with Gasteiger partial charge in [-0.1, -0.05) is 0 Å². The number of aromatic nitrogens is 3. The van der Waals surface area contributed by atoms with Crippen LogP contribution in [0.15, 0.2) is 10.3 Å². The molecule has 0 N–H and O–H groups in total. The molecule has 1 heterocycles. The van der Waals surface area contributed by atoms with Crippen molar-refractivity contribution in [2.24, 2.45) is 7.05 Å². The molecule has 0 aromatic carbocycles. The Balaban J connectivity index is 3.29. The standard InChI is InChI=1S/C7H11Cl2N3O4S2/c1-12-6(17(13,14)4-2-8)10-11-7(12)18(15,16)5-3-9/h2-5H2,1H3. The van der Waals surface area contributed by atoms with Gasteiger partial charge in [0, 0.05) is 18.8 Å². The van der Waals surface area contributed by atoms with E-state index in [9.17, 15) is 16.8 Å². The maximum absolute atomic E-state index is 11.7. The van der Waals surface area contributed by atoms with Crippen LogP contribution >= 0.6 is 23.2 Å². The molecule has 0 saturated heterocycles. The largest absolute Gasteiger partial charge is 0.292 e. The average molecular weight is 336 g/mol. The number of nitrogens with zero attached hydrogens (tertiary/aromatic N) is 3. The van der Waals surface area contributed by atoms with Crippen molar-refractivity contribution >= 4 is 42.9 Å². The lowest BCUT2D eigenvalue weighted by molar-refractivity contribution is 0.564. The fourth-order valence-electron chi connectivity index (χ4n) is 1.23. The summed E-state index contributed by atoms with van der Waals surface area (Å²) in [4.78, 5) is 0. The van der Waals surface area contributed by atoms with Gasteiger partial charge in [-0.2, -0.15) is 0 Å².